The first-order valence-corrected chi connectivity index (χ1v) is 5.33. The van der Waals surface area contributed by atoms with Gasteiger partial charge in [-0.2, -0.15) is 0 Å². The molecule has 0 bridgehead atoms. The molecule has 0 aromatic carbocycles. The molecule has 2 atom stereocenters. The first-order valence-electron chi connectivity index (χ1n) is 4.95. The zero-order valence-electron chi connectivity index (χ0n) is 9.30. The summed E-state index contributed by atoms with van der Waals surface area (Å²) in [4.78, 5) is 0. The van der Waals surface area contributed by atoms with Gasteiger partial charge in [0.2, 0.25) is 0 Å². The summed E-state index contributed by atoms with van der Waals surface area (Å²) in [6, 6.07) is 0. The molecule has 1 aliphatic carbocycles. The average molecular weight is 219 g/mol. The van der Waals surface area contributed by atoms with Gasteiger partial charge in [0.05, 0.1) is 5.60 Å². The van der Waals surface area contributed by atoms with Gasteiger partial charge in [0.15, 0.2) is 0 Å². The topological polar surface area (TPSA) is 29.5 Å². The summed E-state index contributed by atoms with van der Waals surface area (Å²) >= 11 is 6.15. The Morgan fingerprint density at radius 3 is 2.57 bits per heavy atom. The van der Waals surface area contributed by atoms with Gasteiger partial charge in [0, 0.05) is 18.1 Å². The maximum atomic E-state index is 9.86. The first-order chi connectivity index (χ1) is 6.29. The summed E-state index contributed by atoms with van der Waals surface area (Å²) in [5.41, 5.74) is -1.06. The van der Waals surface area contributed by atoms with E-state index in [1.165, 1.54) is 0 Å². The van der Waals surface area contributed by atoms with Crippen molar-refractivity contribution in [3.05, 3.63) is 11.1 Å². The summed E-state index contributed by atoms with van der Waals surface area (Å²) in [6.07, 6.45) is 3.69. The van der Waals surface area contributed by atoms with Gasteiger partial charge in [-0.1, -0.05) is 17.7 Å². The second-order valence-electron chi connectivity index (χ2n) is 4.75. The third-order valence-electron chi connectivity index (χ3n) is 3.14. The molecule has 0 saturated heterocycles. The maximum absolute atomic E-state index is 9.86. The van der Waals surface area contributed by atoms with Crippen molar-refractivity contribution in [1.82, 2.24) is 0 Å². The fourth-order valence-corrected chi connectivity index (χ4v) is 2.07. The summed E-state index contributed by atoms with van der Waals surface area (Å²) in [5.74, 6) is 0.123. The van der Waals surface area contributed by atoms with Crippen LogP contribution in [0, 0.1) is 5.92 Å². The van der Waals surface area contributed by atoms with E-state index < -0.39 is 5.60 Å². The molecule has 1 aliphatic rings. The highest BCUT2D eigenvalue weighted by molar-refractivity contribution is 6.30. The molecule has 0 aromatic heterocycles. The van der Waals surface area contributed by atoms with Crippen molar-refractivity contribution in [2.75, 3.05) is 7.11 Å². The van der Waals surface area contributed by atoms with Gasteiger partial charge in [-0.25, -0.2) is 0 Å². The van der Waals surface area contributed by atoms with E-state index in [0.29, 0.717) is 5.03 Å². The van der Waals surface area contributed by atoms with Gasteiger partial charge in [-0.05, 0) is 33.6 Å². The van der Waals surface area contributed by atoms with Gasteiger partial charge in [0.1, 0.15) is 5.60 Å². The molecule has 0 aliphatic heterocycles. The van der Waals surface area contributed by atoms with Gasteiger partial charge < -0.3 is 9.84 Å². The van der Waals surface area contributed by atoms with E-state index in [0.717, 1.165) is 12.8 Å². The fraction of sp³-hybridized carbons (Fsp3) is 0.818. The molecule has 0 radical (unpaired) electrons. The van der Waals surface area contributed by atoms with E-state index >= 15 is 0 Å². The highest BCUT2D eigenvalue weighted by Gasteiger charge is 2.37. The molecule has 1 N–H and O–H groups in total. The highest BCUT2D eigenvalue weighted by Crippen LogP contribution is 2.39. The van der Waals surface area contributed by atoms with Gasteiger partial charge >= 0.3 is 0 Å². The summed E-state index contributed by atoms with van der Waals surface area (Å²) in [5, 5.41) is 10.6. The third-order valence-corrected chi connectivity index (χ3v) is 3.67. The van der Waals surface area contributed by atoms with E-state index in [2.05, 4.69) is 0 Å². The standard InChI is InChI=1S/C11H19ClO2/c1-10(2,13)8-5-6-11(3,14-4)9(12)7-8/h7-8,13H,5-6H2,1-4H3. The molecule has 0 spiro atoms. The molecular weight excluding hydrogens is 200 g/mol. The molecule has 82 valence electrons. The normalized spacial score (nSPS) is 34.1. The minimum atomic E-state index is -0.699. The number of hydrogen-bond donors (Lipinski definition) is 1. The zero-order valence-corrected chi connectivity index (χ0v) is 10.1. The van der Waals surface area contributed by atoms with E-state index in [1.807, 2.05) is 26.8 Å². The zero-order chi connectivity index (χ0) is 11.0. The van der Waals surface area contributed by atoms with Crippen molar-refractivity contribution in [3.8, 4) is 0 Å². The SMILES string of the molecule is COC1(C)CCC(C(C)(C)O)C=C1Cl. The monoisotopic (exact) mass is 218 g/mol. The number of hydrogen-bond acceptors (Lipinski definition) is 2. The average Bonchev–Trinajstić information content (AvgIpc) is 2.08. The minimum absolute atomic E-state index is 0.123. The van der Waals surface area contributed by atoms with Crippen LogP contribution in [0.3, 0.4) is 0 Å². The molecule has 0 amide bonds. The molecule has 2 unspecified atom stereocenters. The summed E-state index contributed by atoms with van der Waals surface area (Å²) in [6.45, 7) is 5.61. The predicted octanol–water partition coefficient (Wildman–Crippen LogP) is 2.70. The van der Waals surface area contributed by atoms with Crippen LogP contribution in [-0.4, -0.2) is 23.4 Å². The van der Waals surface area contributed by atoms with Crippen LogP contribution in [-0.2, 0) is 4.74 Å². The number of methoxy groups -OCH3 is 1. The Hall–Kier alpha value is -0.0500. The van der Waals surface area contributed by atoms with Crippen LogP contribution in [0.25, 0.3) is 0 Å². The van der Waals surface area contributed by atoms with E-state index in [9.17, 15) is 5.11 Å². The second-order valence-corrected chi connectivity index (χ2v) is 5.16. The van der Waals surface area contributed by atoms with E-state index in [4.69, 9.17) is 16.3 Å². The van der Waals surface area contributed by atoms with Crippen molar-refractivity contribution < 1.29 is 9.84 Å². The first kappa shape index (κ1) is 12.0. The Balaban J connectivity index is 2.86. The largest absolute Gasteiger partial charge is 0.390 e. The third kappa shape index (κ3) is 2.30. The minimum Gasteiger partial charge on any atom is -0.390 e. The van der Waals surface area contributed by atoms with Crippen molar-refractivity contribution in [3.63, 3.8) is 0 Å². The lowest BCUT2D eigenvalue weighted by molar-refractivity contribution is -0.00768. The maximum Gasteiger partial charge on any atom is 0.100 e. The lowest BCUT2D eigenvalue weighted by atomic mass is 9.78. The molecule has 0 heterocycles. The predicted molar refractivity (Wildman–Crippen MR) is 58.4 cm³/mol. The van der Waals surface area contributed by atoms with Crippen molar-refractivity contribution >= 4 is 11.6 Å². The van der Waals surface area contributed by atoms with Crippen LogP contribution >= 0.6 is 11.6 Å². The Kier molecular flexibility index (Phi) is 3.30. The van der Waals surface area contributed by atoms with Gasteiger partial charge in [-0.3, -0.25) is 0 Å². The molecule has 0 aromatic rings. The molecule has 3 heteroatoms. The number of ether oxygens (including phenoxy) is 1. The number of rotatable bonds is 2. The Morgan fingerprint density at radius 1 is 1.64 bits per heavy atom. The Labute approximate surface area is 90.9 Å². The molecule has 0 fully saturated rings. The summed E-state index contributed by atoms with van der Waals surface area (Å²) in [7, 11) is 1.67. The summed E-state index contributed by atoms with van der Waals surface area (Å²) < 4.78 is 5.37. The number of aliphatic hydroxyl groups is 1. The van der Waals surface area contributed by atoms with Crippen LogP contribution in [0.2, 0.25) is 0 Å². The van der Waals surface area contributed by atoms with Crippen LogP contribution in [0.4, 0.5) is 0 Å². The van der Waals surface area contributed by atoms with Crippen molar-refractivity contribution in [2.24, 2.45) is 5.92 Å². The quantitative estimate of drug-likeness (QED) is 0.773. The van der Waals surface area contributed by atoms with Crippen LogP contribution in [0.15, 0.2) is 11.1 Å². The number of halogens is 1. The van der Waals surface area contributed by atoms with Crippen LogP contribution < -0.4 is 0 Å². The lowest BCUT2D eigenvalue weighted by Crippen LogP contribution is -2.38. The molecule has 14 heavy (non-hydrogen) atoms. The highest BCUT2D eigenvalue weighted by atomic mass is 35.5. The van der Waals surface area contributed by atoms with E-state index in [1.54, 1.807) is 7.11 Å². The van der Waals surface area contributed by atoms with Gasteiger partial charge in [0.25, 0.3) is 0 Å². The van der Waals surface area contributed by atoms with Crippen molar-refractivity contribution in [2.45, 2.75) is 44.8 Å². The Bertz CT molecular complexity index is 242. The lowest BCUT2D eigenvalue weighted by Gasteiger charge is -2.38. The van der Waals surface area contributed by atoms with Crippen LogP contribution in [0.1, 0.15) is 33.6 Å². The van der Waals surface area contributed by atoms with E-state index in [-0.39, 0.29) is 11.5 Å². The van der Waals surface area contributed by atoms with Crippen molar-refractivity contribution in [1.29, 1.82) is 0 Å². The molecule has 1 rings (SSSR count). The van der Waals surface area contributed by atoms with Gasteiger partial charge in [-0.15, -0.1) is 0 Å². The van der Waals surface area contributed by atoms with Crippen LogP contribution in [0.5, 0.6) is 0 Å². The second kappa shape index (κ2) is 3.84. The molecular formula is C11H19ClO2. The molecule has 0 saturated carbocycles. The Morgan fingerprint density at radius 2 is 2.21 bits per heavy atom. The molecule has 2 nitrogen and oxygen atoms in total. The fourth-order valence-electron chi connectivity index (χ4n) is 1.74. The smallest absolute Gasteiger partial charge is 0.100 e.